The van der Waals surface area contributed by atoms with Crippen LogP contribution in [0.5, 0.6) is 0 Å². The molecule has 1 unspecified atom stereocenters. The largest absolute Gasteiger partial charge is 0.334 e. The maximum atomic E-state index is 12.4. The van der Waals surface area contributed by atoms with E-state index < -0.39 is 4.92 Å². The van der Waals surface area contributed by atoms with Crippen molar-refractivity contribution in [3.63, 3.8) is 0 Å². The van der Waals surface area contributed by atoms with Crippen LogP contribution in [0.15, 0.2) is 0 Å². The van der Waals surface area contributed by atoms with Crippen molar-refractivity contribution < 1.29 is 9.72 Å². The summed E-state index contributed by atoms with van der Waals surface area (Å²) >= 11 is 0. The maximum Gasteiger partial charge on any atom is 0.322 e. The van der Waals surface area contributed by atoms with Crippen molar-refractivity contribution in [2.45, 2.75) is 39.2 Å². The van der Waals surface area contributed by atoms with Gasteiger partial charge in [0.1, 0.15) is 5.69 Å². The summed E-state index contributed by atoms with van der Waals surface area (Å²) in [6, 6.07) is 0.114. The van der Waals surface area contributed by atoms with Gasteiger partial charge in [-0.25, -0.2) is 0 Å². The Bertz CT molecular complexity index is 523. The van der Waals surface area contributed by atoms with E-state index in [1.165, 1.54) is 4.68 Å². The van der Waals surface area contributed by atoms with E-state index in [1.807, 2.05) is 6.92 Å². The third kappa shape index (κ3) is 2.32. The summed E-state index contributed by atoms with van der Waals surface area (Å²) < 4.78 is 1.39. The molecule has 1 saturated heterocycles. The smallest absolute Gasteiger partial charge is 0.322 e. The lowest BCUT2D eigenvalue weighted by atomic mass is 10.0. The van der Waals surface area contributed by atoms with Crippen LogP contribution >= 0.6 is 0 Å². The Morgan fingerprint density at radius 3 is 2.74 bits per heavy atom. The van der Waals surface area contributed by atoms with Crippen LogP contribution in [0.4, 0.5) is 5.69 Å². The molecule has 2 rings (SSSR count). The first-order valence-corrected chi connectivity index (χ1v) is 6.42. The molecule has 1 aromatic heterocycles. The molecule has 1 fully saturated rings. The molecule has 0 bridgehead atoms. The zero-order valence-corrected chi connectivity index (χ0v) is 11.4. The van der Waals surface area contributed by atoms with Gasteiger partial charge in [-0.05, 0) is 33.1 Å². The molecule has 0 radical (unpaired) electrons. The number of hydrogen-bond acceptors (Lipinski definition) is 4. The number of piperidine rings is 1. The van der Waals surface area contributed by atoms with E-state index in [1.54, 1.807) is 18.9 Å². The Morgan fingerprint density at radius 1 is 1.47 bits per heavy atom. The average molecular weight is 266 g/mol. The number of rotatable bonds is 2. The van der Waals surface area contributed by atoms with Crippen LogP contribution in [-0.2, 0) is 7.05 Å². The second-order valence-corrected chi connectivity index (χ2v) is 5.01. The molecule has 1 aromatic rings. The number of likely N-dealkylation sites (tertiary alicyclic amines) is 1. The van der Waals surface area contributed by atoms with Crippen molar-refractivity contribution in [1.82, 2.24) is 14.7 Å². The highest BCUT2D eigenvalue weighted by molar-refractivity contribution is 5.96. The van der Waals surface area contributed by atoms with Crippen molar-refractivity contribution >= 4 is 11.6 Å². The van der Waals surface area contributed by atoms with Crippen LogP contribution in [0.1, 0.15) is 42.4 Å². The minimum atomic E-state index is -0.524. The molecular formula is C12H18N4O3. The molecule has 1 atom stereocenters. The van der Waals surface area contributed by atoms with Gasteiger partial charge in [-0.2, -0.15) is 5.10 Å². The third-order valence-corrected chi connectivity index (χ3v) is 3.75. The number of carbonyl (C=O) groups is 1. The number of nitrogens with zero attached hydrogens (tertiary/aromatic N) is 4. The summed E-state index contributed by atoms with van der Waals surface area (Å²) in [5.74, 6) is -0.331. The van der Waals surface area contributed by atoms with Gasteiger partial charge >= 0.3 is 5.69 Å². The van der Waals surface area contributed by atoms with Crippen LogP contribution < -0.4 is 0 Å². The standard InChI is InChI=1S/C12H18N4O3/c1-8-6-4-5-7-15(8)12(17)10-11(16(18)19)9(2)14(3)13-10/h8H,4-7H2,1-3H3. The van der Waals surface area contributed by atoms with Crippen LogP contribution in [-0.4, -0.2) is 38.1 Å². The summed E-state index contributed by atoms with van der Waals surface area (Å²) in [7, 11) is 1.61. The van der Waals surface area contributed by atoms with Crippen LogP contribution in [0.25, 0.3) is 0 Å². The molecule has 1 aliphatic heterocycles. The summed E-state index contributed by atoms with van der Waals surface area (Å²) in [6.07, 6.45) is 2.97. The quantitative estimate of drug-likeness (QED) is 0.602. The molecule has 0 N–H and O–H groups in total. The number of nitro groups is 1. The lowest BCUT2D eigenvalue weighted by molar-refractivity contribution is -0.385. The summed E-state index contributed by atoms with van der Waals surface area (Å²) in [4.78, 5) is 24.7. The first-order chi connectivity index (χ1) is 8.93. The lowest BCUT2D eigenvalue weighted by Crippen LogP contribution is -2.42. The van der Waals surface area contributed by atoms with Crippen molar-refractivity contribution in [3.05, 3.63) is 21.5 Å². The fraction of sp³-hybridized carbons (Fsp3) is 0.667. The topological polar surface area (TPSA) is 81.3 Å². The normalized spacial score (nSPS) is 19.5. The lowest BCUT2D eigenvalue weighted by Gasteiger charge is -2.32. The molecule has 0 aromatic carbocycles. The van der Waals surface area contributed by atoms with Gasteiger partial charge < -0.3 is 4.90 Å². The number of carbonyl (C=O) groups excluding carboxylic acids is 1. The maximum absolute atomic E-state index is 12.4. The molecule has 7 heteroatoms. The minimum absolute atomic E-state index is 0.0428. The molecule has 0 saturated carbocycles. The van der Waals surface area contributed by atoms with Gasteiger partial charge in [0.25, 0.3) is 5.91 Å². The summed E-state index contributed by atoms with van der Waals surface area (Å²) in [5.41, 5.74) is 0.182. The number of amides is 1. The second-order valence-electron chi connectivity index (χ2n) is 5.01. The molecular weight excluding hydrogens is 248 g/mol. The zero-order valence-electron chi connectivity index (χ0n) is 11.4. The average Bonchev–Trinajstić information content (AvgIpc) is 2.66. The van der Waals surface area contributed by atoms with E-state index >= 15 is 0 Å². The highest BCUT2D eigenvalue weighted by atomic mass is 16.6. The Hall–Kier alpha value is -1.92. The van der Waals surface area contributed by atoms with E-state index in [-0.39, 0.29) is 23.3 Å². The van der Waals surface area contributed by atoms with Gasteiger partial charge in [0.05, 0.1) is 4.92 Å². The highest BCUT2D eigenvalue weighted by Gasteiger charge is 2.34. The molecule has 0 spiro atoms. The molecule has 7 nitrogen and oxygen atoms in total. The highest BCUT2D eigenvalue weighted by Crippen LogP contribution is 2.26. The summed E-state index contributed by atoms with van der Waals surface area (Å²) in [6.45, 7) is 4.22. The second kappa shape index (κ2) is 4.99. The monoisotopic (exact) mass is 266 g/mol. The van der Waals surface area contributed by atoms with Crippen molar-refractivity contribution in [2.75, 3.05) is 6.54 Å². The van der Waals surface area contributed by atoms with E-state index in [9.17, 15) is 14.9 Å². The van der Waals surface area contributed by atoms with E-state index in [4.69, 9.17) is 0 Å². The van der Waals surface area contributed by atoms with E-state index in [2.05, 4.69) is 5.10 Å². The molecule has 19 heavy (non-hydrogen) atoms. The Morgan fingerprint density at radius 2 is 2.16 bits per heavy atom. The van der Waals surface area contributed by atoms with Crippen molar-refractivity contribution in [2.24, 2.45) is 7.05 Å². The van der Waals surface area contributed by atoms with Gasteiger partial charge in [0.15, 0.2) is 0 Å². The van der Waals surface area contributed by atoms with Gasteiger partial charge in [0, 0.05) is 19.6 Å². The fourth-order valence-electron chi connectivity index (χ4n) is 2.50. The molecule has 1 aliphatic rings. The van der Waals surface area contributed by atoms with Gasteiger partial charge in [-0.15, -0.1) is 0 Å². The first-order valence-electron chi connectivity index (χ1n) is 6.42. The third-order valence-electron chi connectivity index (χ3n) is 3.75. The SMILES string of the molecule is Cc1c([N+](=O)[O-])c(C(=O)N2CCCCC2C)nn1C. The van der Waals surface area contributed by atoms with Crippen molar-refractivity contribution in [1.29, 1.82) is 0 Å². The molecule has 2 heterocycles. The van der Waals surface area contributed by atoms with Gasteiger partial charge in [0.2, 0.25) is 5.69 Å². The van der Waals surface area contributed by atoms with Crippen LogP contribution in [0, 0.1) is 17.0 Å². The van der Waals surface area contributed by atoms with E-state index in [0.29, 0.717) is 12.2 Å². The number of hydrogen-bond donors (Lipinski definition) is 0. The van der Waals surface area contributed by atoms with Gasteiger partial charge in [-0.3, -0.25) is 19.6 Å². The number of aromatic nitrogens is 2. The summed E-state index contributed by atoms with van der Waals surface area (Å²) in [5, 5.41) is 15.1. The predicted molar refractivity (Wildman–Crippen MR) is 68.9 cm³/mol. The van der Waals surface area contributed by atoms with Crippen LogP contribution in [0.3, 0.4) is 0 Å². The Balaban J connectivity index is 2.38. The minimum Gasteiger partial charge on any atom is -0.334 e. The Kier molecular flexibility index (Phi) is 3.55. The van der Waals surface area contributed by atoms with Crippen molar-refractivity contribution in [3.8, 4) is 0 Å². The first kappa shape index (κ1) is 13.5. The fourth-order valence-corrected chi connectivity index (χ4v) is 2.50. The van der Waals surface area contributed by atoms with E-state index in [0.717, 1.165) is 19.3 Å². The predicted octanol–water partition coefficient (Wildman–Crippen LogP) is 1.65. The molecule has 104 valence electrons. The molecule has 1 amide bonds. The zero-order chi connectivity index (χ0) is 14.2. The Labute approximate surface area is 111 Å². The number of aryl methyl sites for hydroxylation is 1. The molecule has 0 aliphatic carbocycles. The van der Waals surface area contributed by atoms with Crippen LogP contribution in [0.2, 0.25) is 0 Å². The van der Waals surface area contributed by atoms with Gasteiger partial charge in [-0.1, -0.05) is 0 Å².